The molecule has 0 bridgehead atoms. The molecule has 0 aromatic carbocycles. The highest BCUT2D eigenvalue weighted by molar-refractivity contribution is 5.76. The van der Waals surface area contributed by atoms with Crippen LogP contribution in [-0.4, -0.2) is 26.1 Å². The molecule has 7 heteroatoms. The summed E-state index contributed by atoms with van der Waals surface area (Å²) in [6.07, 6.45) is 2.34. The van der Waals surface area contributed by atoms with Gasteiger partial charge in [-0.1, -0.05) is 0 Å². The first-order valence-electron chi connectivity index (χ1n) is 4.76. The predicted molar refractivity (Wildman–Crippen MR) is 56.8 cm³/mol. The average molecular weight is 226 g/mol. The summed E-state index contributed by atoms with van der Waals surface area (Å²) in [6.45, 7) is 5.55. The van der Waals surface area contributed by atoms with E-state index in [9.17, 15) is 14.9 Å². The molecule has 0 spiro atoms. The van der Waals surface area contributed by atoms with Crippen LogP contribution in [0.3, 0.4) is 0 Å². The van der Waals surface area contributed by atoms with Crippen LogP contribution in [0.2, 0.25) is 0 Å². The van der Waals surface area contributed by atoms with Gasteiger partial charge in [0.15, 0.2) is 0 Å². The van der Waals surface area contributed by atoms with Crippen LogP contribution in [0, 0.1) is 10.1 Å². The van der Waals surface area contributed by atoms with Gasteiger partial charge in [-0.25, -0.2) is 0 Å². The van der Waals surface area contributed by atoms with Crippen molar-refractivity contribution < 1.29 is 9.72 Å². The molecule has 0 atom stereocenters. The molecule has 0 aliphatic carbocycles. The third-order valence-corrected chi connectivity index (χ3v) is 1.65. The van der Waals surface area contributed by atoms with Crippen LogP contribution in [0.1, 0.15) is 20.8 Å². The van der Waals surface area contributed by atoms with Gasteiger partial charge in [0.05, 0.1) is 4.92 Å². The van der Waals surface area contributed by atoms with E-state index < -0.39 is 4.92 Å². The van der Waals surface area contributed by atoms with Crippen molar-refractivity contribution >= 4 is 11.6 Å². The molecule has 0 saturated heterocycles. The number of rotatable bonds is 3. The molecule has 1 aromatic heterocycles. The van der Waals surface area contributed by atoms with E-state index in [2.05, 4.69) is 10.4 Å². The number of carbonyl (C=O) groups is 1. The van der Waals surface area contributed by atoms with Gasteiger partial charge in [0.2, 0.25) is 5.91 Å². The van der Waals surface area contributed by atoms with Gasteiger partial charge in [-0.2, -0.15) is 5.10 Å². The van der Waals surface area contributed by atoms with E-state index in [1.165, 1.54) is 10.9 Å². The second kappa shape index (κ2) is 4.30. The summed E-state index contributed by atoms with van der Waals surface area (Å²) in [5.74, 6) is -0.231. The molecule has 1 amide bonds. The monoisotopic (exact) mass is 226 g/mol. The molecule has 16 heavy (non-hydrogen) atoms. The topological polar surface area (TPSA) is 90.1 Å². The molecule has 0 unspecified atom stereocenters. The summed E-state index contributed by atoms with van der Waals surface area (Å²) >= 11 is 0. The summed E-state index contributed by atoms with van der Waals surface area (Å²) in [5.41, 5.74) is -0.445. The van der Waals surface area contributed by atoms with Crippen LogP contribution in [0.4, 0.5) is 5.69 Å². The third-order valence-electron chi connectivity index (χ3n) is 1.65. The van der Waals surface area contributed by atoms with Crippen LogP contribution >= 0.6 is 0 Å². The molecule has 0 radical (unpaired) electrons. The lowest BCUT2D eigenvalue weighted by Crippen LogP contribution is -2.42. The fourth-order valence-corrected chi connectivity index (χ4v) is 1.14. The zero-order chi connectivity index (χ0) is 12.3. The molecule has 1 rings (SSSR count). The van der Waals surface area contributed by atoms with E-state index >= 15 is 0 Å². The lowest BCUT2D eigenvalue weighted by molar-refractivity contribution is -0.385. The van der Waals surface area contributed by atoms with Crippen LogP contribution in [0.15, 0.2) is 12.4 Å². The molecule has 0 aliphatic rings. The van der Waals surface area contributed by atoms with Crippen LogP contribution < -0.4 is 5.32 Å². The molecule has 88 valence electrons. The van der Waals surface area contributed by atoms with E-state index in [1.807, 2.05) is 20.8 Å². The van der Waals surface area contributed by atoms with Gasteiger partial charge in [0.25, 0.3) is 0 Å². The first-order valence-corrected chi connectivity index (χ1v) is 4.76. The molecule has 1 aromatic rings. The van der Waals surface area contributed by atoms with E-state index in [0.717, 1.165) is 6.20 Å². The standard InChI is InChI=1S/C9H14N4O3/c1-9(2,3)11-8(14)6-12-5-7(4-10-12)13(15)16/h4-5H,6H2,1-3H3,(H,11,14). The Morgan fingerprint density at radius 1 is 1.62 bits per heavy atom. The Hall–Kier alpha value is -1.92. The second-order valence-electron chi connectivity index (χ2n) is 4.45. The Morgan fingerprint density at radius 3 is 2.69 bits per heavy atom. The Labute approximate surface area is 92.6 Å². The highest BCUT2D eigenvalue weighted by atomic mass is 16.6. The minimum absolute atomic E-state index is 0.0227. The highest BCUT2D eigenvalue weighted by Crippen LogP contribution is 2.07. The first kappa shape index (κ1) is 12.2. The van der Waals surface area contributed by atoms with E-state index in [0.29, 0.717) is 0 Å². The molecular formula is C9H14N4O3. The molecular weight excluding hydrogens is 212 g/mol. The Balaban J connectivity index is 2.60. The maximum Gasteiger partial charge on any atom is 0.307 e. The van der Waals surface area contributed by atoms with Crippen molar-refractivity contribution in [2.75, 3.05) is 0 Å². The highest BCUT2D eigenvalue weighted by Gasteiger charge is 2.15. The molecule has 0 fully saturated rings. The molecule has 1 N–H and O–H groups in total. The maximum absolute atomic E-state index is 11.5. The zero-order valence-corrected chi connectivity index (χ0v) is 9.43. The second-order valence-corrected chi connectivity index (χ2v) is 4.45. The number of carbonyl (C=O) groups excluding carboxylic acids is 1. The summed E-state index contributed by atoms with van der Waals surface area (Å²) < 4.78 is 1.24. The molecule has 0 aliphatic heterocycles. The minimum atomic E-state index is -0.550. The van der Waals surface area contributed by atoms with Gasteiger partial charge in [-0.05, 0) is 20.8 Å². The lowest BCUT2D eigenvalue weighted by atomic mass is 10.1. The Kier molecular flexibility index (Phi) is 3.26. The number of hydrogen-bond donors (Lipinski definition) is 1. The number of nitro groups is 1. The van der Waals surface area contributed by atoms with Crippen molar-refractivity contribution in [3.05, 3.63) is 22.5 Å². The fraction of sp³-hybridized carbons (Fsp3) is 0.556. The third kappa shape index (κ3) is 3.68. The van der Waals surface area contributed by atoms with Crippen molar-refractivity contribution in [1.82, 2.24) is 15.1 Å². The maximum atomic E-state index is 11.5. The summed E-state index contributed by atoms with van der Waals surface area (Å²) in [4.78, 5) is 21.3. The van der Waals surface area contributed by atoms with Gasteiger partial charge in [0.1, 0.15) is 18.9 Å². The number of nitrogens with zero attached hydrogens (tertiary/aromatic N) is 3. The zero-order valence-electron chi connectivity index (χ0n) is 9.43. The number of aromatic nitrogens is 2. The summed E-state index contributed by atoms with van der Waals surface area (Å²) in [6, 6.07) is 0. The molecule has 0 saturated carbocycles. The van der Waals surface area contributed by atoms with E-state index in [1.54, 1.807) is 0 Å². The van der Waals surface area contributed by atoms with Crippen LogP contribution in [-0.2, 0) is 11.3 Å². The van der Waals surface area contributed by atoms with Gasteiger partial charge in [0, 0.05) is 5.54 Å². The summed E-state index contributed by atoms with van der Waals surface area (Å²) in [7, 11) is 0. The van der Waals surface area contributed by atoms with Crippen molar-refractivity contribution in [3.8, 4) is 0 Å². The van der Waals surface area contributed by atoms with E-state index in [-0.39, 0.29) is 23.7 Å². The average Bonchev–Trinajstić information content (AvgIpc) is 2.48. The Bertz CT molecular complexity index is 405. The number of hydrogen-bond acceptors (Lipinski definition) is 4. The van der Waals surface area contributed by atoms with Gasteiger partial charge in [-0.3, -0.25) is 19.6 Å². The smallest absolute Gasteiger partial charge is 0.307 e. The lowest BCUT2D eigenvalue weighted by Gasteiger charge is -2.20. The van der Waals surface area contributed by atoms with Crippen LogP contribution in [0.5, 0.6) is 0 Å². The van der Waals surface area contributed by atoms with Crippen molar-refractivity contribution in [3.63, 3.8) is 0 Å². The largest absolute Gasteiger partial charge is 0.350 e. The quantitative estimate of drug-likeness (QED) is 0.607. The molecule has 1 heterocycles. The first-order chi connectivity index (χ1) is 7.28. The minimum Gasteiger partial charge on any atom is -0.350 e. The van der Waals surface area contributed by atoms with Crippen molar-refractivity contribution in [2.45, 2.75) is 32.9 Å². The van der Waals surface area contributed by atoms with Gasteiger partial charge < -0.3 is 5.32 Å². The van der Waals surface area contributed by atoms with Crippen molar-refractivity contribution in [2.24, 2.45) is 0 Å². The number of amides is 1. The fourth-order valence-electron chi connectivity index (χ4n) is 1.14. The molecule has 7 nitrogen and oxygen atoms in total. The van der Waals surface area contributed by atoms with Gasteiger partial charge >= 0.3 is 5.69 Å². The normalized spacial score (nSPS) is 11.2. The number of nitrogens with one attached hydrogen (secondary N) is 1. The SMILES string of the molecule is CC(C)(C)NC(=O)Cn1cc([N+](=O)[O-])cn1. The Morgan fingerprint density at radius 2 is 2.25 bits per heavy atom. The van der Waals surface area contributed by atoms with E-state index in [4.69, 9.17) is 0 Å². The van der Waals surface area contributed by atoms with Gasteiger partial charge in [-0.15, -0.1) is 0 Å². The predicted octanol–water partition coefficient (Wildman–Crippen LogP) is 0.706. The van der Waals surface area contributed by atoms with Crippen LogP contribution in [0.25, 0.3) is 0 Å². The van der Waals surface area contributed by atoms with Crippen molar-refractivity contribution in [1.29, 1.82) is 0 Å². The summed E-state index contributed by atoms with van der Waals surface area (Å²) in [5, 5.41) is 16.8.